The fourth-order valence-corrected chi connectivity index (χ4v) is 6.98. The lowest BCUT2D eigenvalue weighted by Crippen LogP contribution is -2.59. The number of rotatable bonds is 11. The van der Waals surface area contributed by atoms with Gasteiger partial charge in [0.25, 0.3) is 0 Å². The highest BCUT2D eigenvalue weighted by atomic mass is 35.5. The van der Waals surface area contributed by atoms with Crippen LogP contribution >= 0.6 is 23.2 Å². The minimum absolute atomic E-state index is 0.130. The first-order chi connectivity index (χ1) is 24.5. The lowest BCUT2D eigenvalue weighted by atomic mass is 10.0. The molecule has 0 unspecified atom stereocenters. The monoisotopic (exact) mass is 752 g/mol. The van der Waals surface area contributed by atoms with Crippen LogP contribution in [0.2, 0.25) is 10.3 Å². The summed E-state index contributed by atoms with van der Waals surface area (Å²) < 4.78 is 80.6. The Kier molecular flexibility index (Phi) is 11.6. The molecule has 0 saturated carbocycles. The van der Waals surface area contributed by atoms with Crippen molar-refractivity contribution in [3.05, 3.63) is 93.0 Å². The Morgan fingerprint density at radius 1 is 0.608 bits per heavy atom. The van der Waals surface area contributed by atoms with Crippen LogP contribution < -0.4 is 19.5 Å². The minimum Gasteiger partial charge on any atom is -0.493 e. The molecule has 2 saturated heterocycles. The zero-order valence-electron chi connectivity index (χ0n) is 27.8. The summed E-state index contributed by atoms with van der Waals surface area (Å²) >= 11 is 12.5. The average molecular weight is 754 g/mol. The number of benzene rings is 2. The lowest BCUT2D eigenvalue weighted by molar-refractivity contribution is 0.182. The molecule has 2 aliphatic rings. The van der Waals surface area contributed by atoms with E-state index in [9.17, 15) is 22.0 Å². The molecule has 51 heavy (non-hydrogen) atoms. The maximum atomic E-state index is 14.0. The van der Waals surface area contributed by atoms with Crippen LogP contribution in [0.15, 0.2) is 42.5 Å². The van der Waals surface area contributed by atoms with Gasteiger partial charge in [0, 0.05) is 51.4 Å². The second-order valence-electron chi connectivity index (χ2n) is 12.4. The van der Waals surface area contributed by atoms with Gasteiger partial charge in [-0.1, -0.05) is 29.3 Å². The topological polar surface area (TPSA) is 83.0 Å². The third kappa shape index (κ3) is 8.37. The average Bonchev–Trinajstić information content (AvgIpc) is 3.12. The number of hydrogen-bond acceptors (Lipinski definition) is 10. The second-order valence-corrected chi connectivity index (χ2v) is 13.2. The molecular weight excluding hydrogens is 718 g/mol. The number of halogens is 7. The molecule has 0 atom stereocenters. The Balaban J connectivity index is 1.32. The van der Waals surface area contributed by atoms with Crippen molar-refractivity contribution in [1.29, 1.82) is 0 Å². The predicted molar refractivity (Wildman–Crippen MR) is 181 cm³/mol. The summed E-state index contributed by atoms with van der Waals surface area (Å²) in [5.74, 6) is -4.28. The van der Waals surface area contributed by atoms with E-state index in [2.05, 4.69) is 25.3 Å². The number of methoxy groups -OCH3 is 2. The molecule has 0 aliphatic carbocycles. The highest BCUT2D eigenvalue weighted by Crippen LogP contribution is 2.40. The maximum absolute atomic E-state index is 14.0. The van der Waals surface area contributed by atoms with Gasteiger partial charge in [-0.25, -0.2) is 22.0 Å². The molecule has 2 aromatic heterocycles. The van der Waals surface area contributed by atoms with Gasteiger partial charge in [-0.3, -0.25) is 19.8 Å². The highest BCUT2D eigenvalue weighted by molar-refractivity contribution is 6.29. The Labute approximate surface area is 301 Å². The van der Waals surface area contributed by atoms with Crippen LogP contribution in [-0.4, -0.2) is 82.7 Å². The first-order valence-corrected chi connectivity index (χ1v) is 17.0. The summed E-state index contributed by atoms with van der Waals surface area (Å²) in [4.78, 5) is 4.20. The van der Waals surface area contributed by atoms with E-state index in [0.29, 0.717) is 92.7 Å². The molecule has 272 valence electrons. The molecule has 10 nitrogen and oxygen atoms in total. The Morgan fingerprint density at radius 2 is 1.04 bits per heavy atom. The molecule has 0 spiro atoms. The smallest absolute Gasteiger partial charge is 0.212 e. The normalized spacial score (nSPS) is 16.3. The number of hydrogen-bond donors (Lipinski definition) is 0. The van der Waals surface area contributed by atoms with E-state index < -0.39 is 29.1 Å². The molecule has 0 N–H and O–H groups in total. The molecule has 2 aliphatic heterocycles. The van der Waals surface area contributed by atoms with Gasteiger partial charge in [-0.2, -0.15) is 0 Å². The Hall–Kier alpha value is -4.05. The number of hydrazine groups is 1. The molecule has 0 bridgehead atoms. The van der Waals surface area contributed by atoms with Crippen LogP contribution in [0, 0.1) is 29.1 Å². The van der Waals surface area contributed by atoms with E-state index in [1.807, 2.05) is 14.9 Å². The van der Waals surface area contributed by atoms with Crippen LogP contribution in [0.4, 0.5) is 33.6 Å². The number of nitrogens with zero attached hydrogens (tertiary/aromatic N) is 8. The Morgan fingerprint density at radius 3 is 1.47 bits per heavy atom. The van der Waals surface area contributed by atoms with Gasteiger partial charge in [-0.15, -0.1) is 20.4 Å². The van der Waals surface area contributed by atoms with Crippen LogP contribution in [0.1, 0.15) is 36.8 Å². The van der Waals surface area contributed by atoms with Gasteiger partial charge in [0.15, 0.2) is 50.9 Å². The van der Waals surface area contributed by atoms with E-state index in [-0.39, 0.29) is 28.9 Å². The molecule has 0 amide bonds. The number of likely N-dealkylation sites (tertiary alicyclic amines) is 2. The summed E-state index contributed by atoms with van der Waals surface area (Å²) in [6.07, 6.45) is 2.37. The van der Waals surface area contributed by atoms with E-state index in [4.69, 9.17) is 32.7 Å². The second kappa shape index (κ2) is 16.1. The fraction of sp³-hybridized carbons (Fsp3) is 0.412. The number of aromatic nitrogens is 4. The zero-order valence-corrected chi connectivity index (χ0v) is 29.3. The minimum atomic E-state index is -1.50. The van der Waals surface area contributed by atoms with Gasteiger partial charge in [0.1, 0.15) is 0 Å². The molecule has 4 heterocycles. The largest absolute Gasteiger partial charge is 0.493 e. The van der Waals surface area contributed by atoms with E-state index in [1.54, 1.807) is 18.2 Å². The van der Waals surface area contributed by atoms with Crippen molar-refractivity contribution in [1.82, 2.24) is 30.2 Å². The summed E-state index contributed by atoms with van der Waals surface area (Å²) in [5, 5.41) is 21.5. The van der Waals surface area contributed by atoms with Crippen molar-refractivity contribution >= 4 is 34.8 Å². The molecule has 0 radical (unpaired) electrons. The van der Waals surface area contributed by atoms with Crippen molar-refractivity contribution in [2.24, 2.45) is 0 Å². The standard InChI is InChI=1S/C34H35Cl2F5N8O2/c1-50-28-16-30(35)42-44-33(28)48(22-5-9-46(10-6-22)18-20-3-4-24(37)25(38)13-20)49(34-29(51-2)17-31(36)43-45-34)23-7-11-47(12-8-23)19-21-14-26(39)32(41)27(40)15-21/h3-4,13-17,22-23H,5-12,18-19H2,1-2H3. The van der Waals surface area contributed by atoms with Crippen molar-refractivity contribution in [3.8, 4) is 11.5 Å². The van der Waals surface area contributed by atoms with E-state index in [1.165, 1.54) is 20.3 Å². The first kappa shape index (κ1) is 36.7. The third-order valence-electron chi connectivity index (χ3n) is 9.17. The quantitative estimate of drug-likeness (QED) is 0.0923. The van der Waals surface area contributed by atoms with Gasteiger partial charge < -0.3 is 9.47 Å². The van der Waals surface area contributed by atoms with Gasteiger partial charge >= 0.3 is 0 Å². The SMILES string of the molecule is COc1cc(Cl)nnc1N(C1CCN(Cc2ccc(F)c(F)c2)CC1)N(c1nnc(Cl)cc1OC)C1CCN(Cc2cc(F)c(F)c(F)c2)CC1. The number of ether oxygens (including phenoxy) is 2. The summed E-state index contributed by atoms with van der Waals surface area (Å²) in [6.45, 7) is 2.94. The predicted octanol–water partition coefficient (Wildman–Crippen LogP) is 6.84. The molecule has 2 aromatic carbocycles. The van der Waals surface area contributed by atoms with Crippen molar-refractivity contribution in [3.63, 3.8) is 0 Å². The van der Waals surface area contributed by atoms with Gasteiger partial charge in [0.2, 0.25) is 11.6 Å². The molecule has 17 heteroatoms. The Bertz CT molecular complexity index is 1820. The van der Waals surface area contributed by atoms with Crippen molar-refractivity contribution < 1.29 is 31.4 Å². The first-order valence-electron chi connectivity index (χ1n) is 16.3. The van der Waals surface area contributed by atoms with Crippen LogP contribution in [-0.2, 0) is 13.1 Å². The van der Waals surface area contributed by atoms with Crippen molar-refractivity contribution in [2.75, 3.05) is 50.4 Å². The van der Waals surface area contributed by atoms with Gasteiger partial charge in [-0.05, 0) is 61.1 Å². The fourth-order valence-electron chi connectivity index (χ4n) is 6.71. The van der Waals surface area contributed by atoms with E-state index >= 15 is 0 Å². The van der Waals surface area contributed by atoms with Crippen LogP contribution in [0.5, 0.6) is 11.5 Å². The third-order valence-corrected chi connectivity index (χ3v) is 9.54. The van der Waals surface area contributed by atoms with Crippen LogP contribution in [0.3, 0.4) is 0 Å². The van der Waals surface area contributed by atoms with Crippen LogP contribution in [0.25, 0.3) is 0 Å². The summed E-state index contributed by atoms with van der Waals surface area (Å²) in [7, 11) is 3.01. The molecule has 4 aromatic rings. The molecule has 2 fully saturated rings. The number of anilines is 2. The maximum Gasteiger partial charge on any atom is 0.212 e. The summed E-state index contributed by atoms with van der Waals surface area (Å²) in [5.41, 5.74) is 0.986. The van der Waals surface area contributed by atoms with E-state index in [0.717, 1.165) is 18.2 Å². The highest BCUT2D eigenvalue weighted by Gasteiger charge is 2.39. The lowest BCUT2D eigenvalue weighted by Gasteiger charge is -2.49. The summed E-state index contributed by atoms with van der Waals surface area (Å²) in [6, 6.07) is 8.66. The number of piperidine rings is 2. The molecular formula is C34H35Cl2F5N8O2. The van der Waals surface area contributed by atoms with Crippen molar-refractivity contribution in [2.45, 2.75) is 50.9 Å². The zero-order chi connectivity index (χ0) is 36.2. The molecule has 6 rings (SSSR count). The van der Waals surface area contributed by atoms with Gasteiger partial charge in [0.05, 0.1) is 26.3 Å².